The molecule has 1 aliphatic heterocycles. The SMILES string of the molecule is O=c1oc2ccccc2n1[C@H]1CCCN(Cc2c(O)ccc3ccccc23)C1. The summed E-state index contributed by atoms with van der Waals surface area (Å²) in [6, 6.07) is 19.5. The average Bonchev–Trinajstić information content (AvgIpc) is 3.06. The topological polar surface area (TPSA) is 58.6 Å². The van der Waals surface area contributed by atoms with Crippen LogP contribution in [0.3, 0.4) is 0 Å². The molecule has 1 fully saturated rings. The first-order valence-corrected chi connectivity index (χ1v) is 9.73. The molecule has 5 nitrogen and oxygen atoms in total. The molecule has 1 aromatic heterocycles. The summed E-state index contributed by atoms with van der Waals surface area (Å²) in [6.07, 6.45) is 1.95. The maximum atomic E-state index is 12.5. The van der Waals surface area contributed by atoms with Crippen LogP contribution in [-0.4, -0.2) is 27.7 Å². The molecule has 1 aliphatic rings. The molecule has 5 rings (SSSR count). The van der Waals surface area contributed by atoms with Crippen molar-refractivity contribution in [3.05, 3.63) is 76.8 Å². The smallest absolute Gasteiger partial charge is 0.420 e. The molecule has 1 atom stereocenters. The minimum Gasteiger partial charge on any atom is -0.508 e. The van der Waals surface area contributed by atoms with Crippen molar-refractivity contribution in [1.82, 2.24) is 9.47 Å². The minimum atomic E-state index is -0.291. The number of benzene rings is 3. The van der Waals surface area contributed by atoms with Gasteiger partial charge >= 0.3 is 5.76 Å². The van der Waals surface area contributed by atoms with Crippen LogP contribution in [0.5, 0.6) is 5.75 Å². The van der Waals surface area contributed by atoms with Gasteiger partial charge in [-0.2, -0.15) is 0 Å². The minimum absolute atomic E-state index is 0.0713. The fraction of sp³-hybridized carbons (Fsp3) is 0.261. The fourth-order valence-electron chi connectivity index (χ4n) is 4.43. The van der Waals surface area contributed by atoms with Gasteiger partial charge in [-0.05, 0) is 48.4 Å². The van der Waals surface area contributed by atoms with Gasteiger partial charge in [-0.3, -0.25) is 9.47 Å². The van der Waals surface area contributed by atoms with Crippen molar-refractivity contribution >= 4 is 21.9 Å². The summed E-state index contributed by atoms with van der Waals surface area (Å²) in [7, 11) is 0. The van der Waals surface area contributed by atoms with Crippen molar-refractivity contribution in [1.29, 1.82) is 0 Å². The Kier molecular flexibility index (Phi) is 4.17. The van der Waals surface area contributed by atoms with Crippen LogP contribution in [0.15, 0.2) is 69.9 Å². The maximum absolute atomic E-state index is 12.5. The first-order chi connectivity index (χ1) is 13.7. The van der Waals surface area contributed by atoms with Crippen molar-refractivity contribution in [2.24, 2.45) is 0 Å². The van der Waals surface area contributed by atoms with E-state index in [9.17, 15) is 9.90 Å². The molecule has 28 heavy (non-hydrogen) atoms. The normalized spacial score (nSPS) is 18.1. The number of hydrogen-bond donors (Lipinski definition) is 1. The zero-order chi connectivity index (χ0) is 19.1. The summed E-state index contributed by atoms with van der Waals surface area (Å²) in [6.45, 7) is 2.37. The number of para-hydroxylation sites is 2. The molecule has 0 bridgehead atoms. The molecule has 0 unspecified atom stereocenters. The maximum Gasteiger partial charge on any atom is 0.420 e. The number of fused-ring (bicyclic) bond motifs is 2. The first kappa shape index (κ1) is 17.1. The number of phenols is 1. The van der Waals surface area contributed by atoms with Gasteiger partial charge in [0.05, 0.1) is 11.6 Å². The van der Waals surface area contributed by atoms with Crippen LogP contribution in [0, 0.1) is 0 Å². The van der Waals surface area contributed by atoms with E-state index < -0.39 is 0 Å². The van der Waals surface area contributed by atoms with E-state index in [2.05, 4.69) is 17.0 Å². The number of aromatic nitrogens is 1. The standard InChI is InChI=1S/C23H22N2O3/c26-21-12-11-16-6-1-2-8-18(16)19(21)15-24-13-5-7-17(14-24)25-20-9-3-4-10-22(20)28-23(25)27/h1-4,6,8-12,17,26H,5,7,13-15H2/t17-/m0/s1. The first-order valence-electron chi connectivity index (χ1n) is 9.73. The molecule has 0 radical (unpaired) electrons. The molecule has 142 valence electrons. The number of oxazole rings is 1. The van der Waals surface area contributed by atoms with E-state index >= 15 is 0 Å². The van der Waals surface area contributed by atoms with Crippen molar-refractivity contribution in [2.75, 3.05) is 13.1 Å². The molecule has 3 aromatic carbocycles. The van der Waals surface area contributed by atoms with Crippen molar-refractivity contribution in [2.45, 2.75) is 25.4 Å². The third-order valence-corrected chi connectivity index (χ3v) is 5.76. The Hall–Kier alpha value is -3.05. The molecule has 0 spiro atoms. The fourth-order valence-corrected chi connectivity index (χ4v) is 4.43. The molecular formula is C23H22N2O3. The van der Waals surface area contributed by atoms with E-state index in [0.717, 1.165) is 47.8 Å². The Morgan fingerprint density at radius 3 is 2.79 bits per heavy atom. The lowest BCUT2D eigenvalue weighted by Gasteiger charge is -2.33. The van der Waals surface area contributed by atoms with Gasteiger partial charge in [0, 0.05) is 18.7 Å². The average molecular weight is 374 g/mol. The van der Waals surface area contributed by atoms with E-state index in [1.54, 1.807) is 10.6 Å². The molecule has 4 aromatic rings. The highest BCUT2D eigenvalue weighted by molar-refractivity contribution is 5.87. The third kappa shape index (κ3) is 2.88. The van der Waals surface area contributed by atoms with Crippen molar-refractivity contribution in [3.63, 3.8) is 0 Å². The van der Waals surface area contributed by atoms with E-state index in [-0.39, 0.29) is 11.8 Å². The Morgan fingerprint density at radius 2 is 1.86 bits per heavy atom. The predicted octanol–water partition coefficient (Wildman–Crippen LogP) is 4.29. The Labute approximate surface area is 162 Å². The lowest BCUT2D eigenvalue weighted by Crippen LogP contribution is -2.38. The Morgan fingerprint density at radius 1 is 1.04 bits per heavy atom. The number of piperidine rings is 1. The van der Waals surface area contributed by atoms with Crippen LogP contribution in [0.25, 0.3) is 21.9 Å². The van der Waals surface area contributed by atoms with Gasteiger partial charge in [0.1, 0.15) is 5.75 Å². The largest absolute Gasteiger partial charge is 0.508 e. The highest BCUT2D eigenvalue weighted by Gasteiger charge is 2.26. The number of hydrogen-bond acceptors (Lipinski definition) is 4. The number of rotatable bonds is 3. The summed E-state index contributed by atoms with van der Waals surface area (Å²) >= 11 is 0. The second kappa shape index (κ2) is 6.84. The van der Waals surface area contributed by atoms with E-state index in [1.165, 1.54) is 0 Å². The van der Waals surface area contributed by atoms with Crippen LogP contribution in [-0.2, 0) is 6.54 Å². The highest BCUT2D eigenvalue weighted by atomic mass is 16.4. The van der Waals surface area contributed by atoms with Gasteiger partial charge in [-0.1, -0.05) is 42.5 Å². The molecular weight excluding hydrogens is 352 g/mol. The van der Waals surface area contributed by atoms with E-state index in [1.807, 2.05) is 42.5 Å². The lowest BCUT2D eigenvalue weighted by molar-refractivity contribution is 0.167. The van der Waals surface area contributed by atoms with Crippen LogP contribution < -0.4 is 5.76 Å². The van der Waals surface area contributed by atoms with Crippen LogP contribution in [0.1, 0.15) is 24.4 Å². The highest BCUT2D eigenvalue weighted by Crippen LogP contribution is 2.31. The number of likely N-dealkylation sites (tertiary alicyclic amines) is 1. The molecule has 0 saturated carbocycles. The summed E-state index contributed by atoms with van der Waals surface area (Å²) in [5, 5.41) is 12.7. The monoisotopic (exact) mass is 374 g/mol. The molecule has 2 heterocycles. The summed E-state index contributed by atoms with van der Waals surface area (Å²) in [4.78, 5) is 14.8. The second-order valence-corrected chi connectivity index (χ2v) is 7.52. The lowest BCUT2D eigenvalue weighted by atomic mass is 10.0. The van der Waals surface area contributed by atoms with Crippen molar-refractivity contribution < 1.29 is 9.52 Å². The summed E-state index contributed by atoms with van der Waals surface area (Å²) in [5.74, 6) is 0.0350. The zero-order valence-corrected chi connectivity index (χ0v) is 15.5. The number of aromatic hydroxyl groups is 1. The third-order valence-electron chi connectivity index (χ3n) is 5.76. The predicted molar refractivity (Wildman–Crippen MR) is 110 cm³/mol. The zero-order valence-electron chi connectivity index (χ0n) is 15.5. The van der Waals surface area contributed by atoms with Crippen LogP contribution in [0.2, 0.25) is 0 Å². The Bertz CT molecular complexity index is 1210. The van der Waals surface area contributed by atoms with Gasteiger partial charge in [-0.15, -0.1) is 0 Å². The van der Waals surface area contributed by atoms with Gasteiger partial charge in [0.15, 0.2) is 5.58 Å². The van der Waals surface area contributed by atoms with Crippen LogP contribution in [0.4, 0.5) is 0 Å². The van der Waals surface area contributed by atoms with Crippen LogP contribution >= 0.6 is 0 Å². The molecule has 0 amide bonds. The number of phenolic OH excluding ortho intramolecular Hbond substituents is 1. The second-order valence-electron chi connectivity index (χ2n) is 7.52. The van der Waals surface area contributed by atoms with Gasteiger partial charge in [-0.25, -0.2) is 4.79 Å². The van der Waals surface area contributed by atoms with Gasteiger partial charge in [0.2, 0.25) is 0 Å². The van der Waals surface area contributed by atoms with Gasteiger partial charge < -0.3 is 9.52 Å². The summed E-state index contributed by atoms with van der Waals surface area (Å²) < 4.78 is 7.23. The van der Waals surface area contributed by atoms with E-state index in [4.69, 9.17) is 4.42 Å². The van der Waals surface area contributed by atoms with Gasteiger partial charge in [0.25, 0.3) is 0 Å². The molecule has 0 aliphatic carbocycles. The molecule has 1 saturated heterocycles. The quantitative estimate of drug-likeness (QED) is 0.581. The molecule has 5 heteroatoms. The molecule has 1 N–H and O–H groups in total. The summed E-state index contributed by atoms with van der Waals surface area (Å²) in [5.41, 5.74) is 2.44. The Balaban J connectivity index is 1.46. The van der Waals surface area contributed by atoms with E-state index in [0.29, 0.717) is 17.9 Å². The number of nitrogens with zero attached hydrogens (tertiary/aromatic N) is 2. The van der Waals surface area contributed by atoms with Crippen molar-refractivity contribution in [3.8, 4) is 5.75 Å².